The number of hydrogen-bond acceptors (Lipinski definition) is 2. The fourth-order valence-corrected chi connectivity index (χ4v) is 2.25. The first-order valence-corrected chi connectivity index (χ1v) is 8.08. The van der Waals surface area contributed by atoms with Crippen molar-refractivity contribution >= 4 is 17.5 Å². The standard InChI is InChI=1S/C17H26ClNO2/c1-4-5-6-7-8-9-19-16(20)12-21-15-10-13(2)17(18)14(3)11-15/h10-11H,4-9,12H2,1-3H3,(H,19,20). The Morgan fingerprint density at radius 3 is 2.38 bits per heavy atom. The fourth-order valence-electron chi connectivity index (χ4n) is 2.15. The second kappa shape index (κ2) is 9.67. The SMILES string of the molecule is CCCCCCCNC(=O)COc1cc(C)c(Cl)c(C)c1. The molecule has 0 atom stereocenters. The Bertz CT molecular complexity index is 437. The van der Waals surface area contributed by atoms with E-state index in [9.17, 15) is 4.79 Å². The Labute approximate surface area is 133 Å². The average molecular weight is 312 g/mol. The summed E-state index contributed by atoms with van der Waals surface area (Å²) < 4.78 is 5.51. The molecule has 0 aliphatic carbocycles. The van der Waals surface area contributed by atoms with Gasteiger partial charge in [-0.25, -0.2) is 0 Å². The molecule has 0 saturated heterocycles. The van der Waals surface area contributed by atoms with Crippen molar-refractivity contribution in [2.45, 2.75) is 52.9 Å². The Hall–Kier alpha value is -1.22. The molecule has 0 aromatic heterocycles. The largest absolute Gasteiger partial charge is 0.484 e. The van der Waals surface area contributed by atoms with Crippen molar-refractivity contribution in [2.75, 3.05) is 13.2 Å². The first-order valence-electron chi connectivity index (χ1n) is 7.70. The lowest BCUT2D eigenvalue weighted by atomic mass is 10.1. The summed E-state index contributed by atoms with van der Waals surface area (Å²) in [5.74, 6) is 0.614. The zero-order chi connectivity index (χ0) is 15.7. The zero-order valence-electron chi connectivity index (χ0n) is 13.3. The van der Waals surface area contributed by atoms with Crippen LogP contribution in [0, 0.1) is 13.8 Å². The molecule has 0 bridgehead atoms. The zero-order valence-corrected chi connectivity index (χ0v) is 14.1. The number of halogens is 1. The normalized spacial score (nSPS) is 10.5. The topological polar surface area (TPSA) is 38.3 Å². The molecule has 0 spiro atoms. The molecular formula is C17H26ClNO2. The van der Waals surface area contributed by atoms with Crippen LogP contribution in [0.5, 0.6) is 5.75 Å². The van der Waals surface area contributed by atoms with E-state index in [1.807, 2.05) is 26.0 Å². The first kappa shape index (κ1) is 17.8. The number of hydrogen-bond donors (Lipinski definition) is 1. The van der Waals surface area contributed by atoms with E-state index in [-0.39, 0.29) is 12.5 Å². The fraction of sp³-hybridized carbons (Fsp3) is 0.588. The number of benzene rings is 1. The third kappa shape index (κ3) is 6.85. The van der Waals surface area contributed by atoms with Gasteiger partial charge in [-0.05, 0) is 43.5 Å². The number of amides is 1. The van der Waals surface area contributed by atoms with E-state index in [1.54, 1.807) is 0 Å². The van der Waals surface area contributed by atoms with Crippen molar-refractivity contribution in [3.63, 3.8) is 0 Å². The minimum atomic E-state index is -0.0734. The second-order valence-corrected chi connectivity index (χ2v) is 5.80. The van der Waals surface area contributed by atoms with E-state index in [2.05, 4.69) is 12.2 Å². The maximum Gasteiger partial charge on any atom is 0.257 e. The molecule has 0 heterocycles. The van der Waals surface area contributed by atoms with Crippen molar-refractivity contribution in [3.05, 3.63) is 28.3 Å². The molecule has 0 saturated carbocycles. The summed E-state index contributed by atoms with van der Waals surface area (Å²) in [5.41, 5.74) is 1.92. The van der Waals surface area contributed by atoms with Crippen molar-refractivity contribution in [1.82, 2.24) is 5.32 Å². The molecular weight excluding hydrogens is 286 g/mol. The summed E-state index contributed by atoms with van der Waals surface area (Å²) in [7, 11) is 0. The Balaban J connectivity index is 2.24. The summed E-state index contributed by atoms with van der Waals surface area (Å²) in [6.07, 6.45) is 5.95. The number of ether oxygens (including phenoxy) is 1. The van der Waals surface area contributed by atoms with Crippen LogP contribution >= 0.6 is 11.6 Å². The lowest BCUT2D eigenvalue weighted by Gasteiger charge is -2.10. The highest BCUT2D eigenvalue weighted by Gasteiger charge is 2.06. The first-order chi connectivity index (χ1) is 10.0. The van der Waals surface area contributed by atoms with Gasteiger partial charge in [0.1, 0.15) is 5.75 Å². The summed E-state index contributed by atoms with van der Waals surface area (Å²) in [5, 5.41) is 3.63. The van der Waals surface area contributed by atoms with Gasteiger partial charge in [-0.1, -0.05) is 44.2 Å². The van der Waals surface area contributed by atoms with E-state index in [0.29, 0.717) is 5.75 Å². The van der Waals surface area contributed by atoms with Crippen molar-refractivity contribution in [2.24, 2.45) is 0 Å². The number of rotatable bonds is 9. The lowest BCUT2D eigenvalue weighted by molar-refractivity contribution is -0.123. The van der Waals surface area contributed by atoms with Gasteiger partial charge < -0.3 is 10.1 Å². The molecule has 1 aromatic carbocycles. The summed E-state index contributed by atoms with van der Waals surface area (Å²) >= 11 is 6.10. The van der Waals surface area contributed by atoms with Crippen LogP contribution in [0.1, 0.15) is 50.2 Å². The molecule has 1 amide bonds. The minimum absolute atomic E-state index is 0.0511. The molecule has 1 aromatic rings. The smallest absolute Gasteiger partial charge is 0.257 e. The van der Waals surface area contributed by atoms with Gasteiger partial charge in [-0.15, -0.1) is 0 Å². The summed E-state index contributed by atoms with van der Waals surface area (Å²) in [6, 6.07) is 3.71. The Morgan fingerprint density at radius 1 is 1.14 bits per heavy atom. The summed E-state index contributed by atoms with van der Waals surface area (Å²) in [4.78, 5) is 11.7. The van der Waals surface area contributed by atoms with Crippen LogP contribution in [-0.4, -0.2) is 19.1 Å². The number of unbranched alkanes of at least 4 members (excludes halogenated alkanes) is 4. The Morgan fingerprint density at radius 2 is 1.76 bits per heavy atom. The van der Waals surface area contributed by atoms with Gasteiger partial charge in [0.05, 0.1) is 0 Å². The highest BCUT2D eigenvalue weighted by Crippen LogP contribution is 2.25. The predicted octanol–water partition coefficient (Wildman–Crippen LogP) is 4.42. The van der Waals surface area contributed by atoms with Gasteiger partial charge >= 0.3 is 0 Å². The maximum absolute atomic E-state index is 11.7. The van der Waals surface area contributed by atoms with E-state index in [4.69, 9.17) is 16.3 Å². The molecule has 0 aliphatic rings. The third-order valence-electron chi connectivity index (χ3n) is 3.38. The maximum atomic E-state index is 11.7. The van der Waals surface area contributed by atoms with Crippen LogP contribution in [0.15, 0.2) is 12.1 Å². The molecule has 0 fully saturated rings. The molecule has 3 nitrogen and oxygen atoms in total. The van der Waals surface area contributed by atoms with Crippen molar-refractivity contribution in [3.8, 4) is 5.75 Å². The highest BCUT2D eigenvalue weighted by molar-refractivity contribution is 6.32. The van der Waals surface area contributed by atoms with Gasteiger partial charge in [-0.3, -0.25) is 4.79 Å². The van der Waals surface area contributed by atoms with Crippen LogP contribution in [0.4, 0.5) is 0 Å². The molecule has 0 aliphatic heterocycles. The number of carbonyl (C=O) groups excluding carboxylic acids is 1. The quantitative estimate of drug-likeness (QED) is 0.685. The Kier molecular flexibility index (Phi) is 8.21. The van der Waals surface area contributed by atoms with E-state index < -0.39 is 0 Å². The molecule has 1 rings (SSSR count). The van der Waals surface area contributed by atoms with Crippen molar-refractivity contribution < 1.29 is 9.53 Å². The summed E-state index contributed by atoms with van der Waals surface area (Å²) in [6.45, 7) is 6.83. The van der Waals surface area contributed by atoms with E-state index >= 15 is 0 Å². The van der Waals surface area contributed by atoms with Crippen molar-refractivity contribution in [1.29, 1.82) is 0 Å². The van der Waals surface area contributed by atoms with Crippen LogP contribution in [-0.2, 0) is 4.79 Å². The number of carbonyl (C=O) groups is 1. The molecule has 0 radical (unpaired) electrons. The van der Waals surface area contributed by atoms with Crippen LogP contribution in [0.25, 0.3) is 0 Å². The van der Waals surface area contributed by atoms with E-state index in [0.717, 1.165) is 29.1 Å². The lowest BCUT2D eigenvalue weighted by Crippen LogP contribution is -2.29. The minimum Gasteiger partial charge on any atom is -0.484 e. The second-order valence-electron chi connectivity index (χ2n) is 5.42. The number of aryl methyl sites for hydroxylation is 2. The monoisotopic (exact) mass is 311 g/mol. The molecule has 4 heteroatoms. The predicted molar refractivity (Wildman–Crippen MR) is 88.2 cm³/mol. The van der Waals surface area contributed by atoms with Gasteiger partial charge in [0.2, 0.25) is 0 Å². The van der Waals surface area contributed by atoms with Gasteiger partial charge in [-0.2, -0.15) is 0 Å². The molecule has 21 heavy (non-hydrogen) atoms. The van der Waals surface area contributed by atoms with Gasteiger partial charge in [0, 0.05) is 11.6 Å². The van der Waals surface area contributed by atoms with Crippen LogP contribution < -0.4 is 10.1 Å². The molecule has 0 unspecified atom stereocenters. The molecule has 118 valence electrons. The third-order valence-corrected chi connectivity index (χ3v) is 3.98. The van der Waals surface area contributed by atoms with E-state index in [1.165, 1.54) is 25.7 Å². The number of nitrogens with one attached hydrogen (secondary N) is 1. The van der Waals surface area contributed by atoms with Gasteiger partial charge in [0.15, 0.2) is 6.61 Å². The molecule has 1 N–H and O–H groups in total. The highest BCUT2D eigenvalue weighted by atomic mass is 35.5. The van der Waals surface area contributed by atoms with Gasteiger partial charge in [0.25, 0.3) is 5.91 Å². The van der Waals surface area contributed by atoms with Crippen LogP contribution in [0.3, 0.4) is 0 Å². The van der Waals surface area contributed by atoms with Crippen LogP contribution in [0.2, 0.25) is 5.02 Å². The average Bonchev–Trinajstić information content (AvgIpc) is 2.46.